The summed E-state index contributed by atoms with van der Waals surface area (Å²) in [5.74, 6) is 2.07. The number of para-hydroxylation sites is 2. The van der Waals surface area contributed by atoms with Crippen LogP contribution in [-0.2, 0) is 4.79 Å². The number of nitrogens with zero attached hydrogens (tertiary/aromatic N) is 2. The first kappa shape index (κ1) is 20.2. The number of allylic oxidation sites excluding steroid dienone is 2. The molecule has 0 radical (unpaired) electrons. The fraction of sp³-hybridized carbons (Fsp3) is 0.304. The Labute approximate surface area is 180 Å². The summed E-state index contributed by atoms with van der Waals surface area (Å²) in [5, 5.41) is 14.0. The quantitative estimate of drug-likeness (QED) is 0.765. The number of fused-ring (bicyclic) bond motifs is 1. The number of methoxy groups -OCH3 is 1. The van der Waals surface area contributed by atoms with Crippen molar-refractivity contribution in [2.75, 3.05) is 24.7 Å². The van der Waals surface area contributed by atoms with Gasteiger partial charge in [0.05, 0.1) is 41.0 Å². The third kappa shape index (κ3) is 3.48. The van der Waals surface area contributed by atoms with Crippen LogP contribution in [0.1, 0.15) is 30.8 Å². The van der Waals surface area contributed by atoms with E-state index in [1.54, 1.807) is 31.0 Å². The third-order valence-electron chi connectivity index (χ3n) is 5.38. The van der Waals surface area contributed by atoms with Crippen LogP contribution in [0.15, 0.2) is 62.7 Å². The number of carbonyl (C=O) groups is 1. The van der Waals surface area contributed by atoms with Gasteiger partial charge in [-0.05, 0) is 44.5 Å². The number of anilines is 1. The molecule has 0 saturated carbocycles. The Kier molecular flexibility index (Phi) is 5.60. The largest absolute Gasteiger partial charge is 0.495 e. The minimum absolute atomic E-state index is 0.265. The molecule has 2 aromatic rings. The van der Waals surface area contributed by atoms with Crippen LogP contribution in [-0.4, -0.2) is 30.2 Å². The van der Waals surface area contributed by atoms with Crippen molar-refractivity contribution < 1.29 is 13.9 Å². The van der Waals surface area contributed by atoms with Crippen molar-refractivity contribution in [2.24, 2.45) is 0 Å². The molecule has 154 valence electrons. The molecule has 3 heterocycles. The molecule has 0 spiro atoms. The Hall–Kier alpha value is -3.11. The summed E-state index contributed by atoms with van der Waals surface area (Å²) in [6.07, 6.45) is 0.996. The lowest BCUT2D eigenvalue weighted by molar-refractivity contribution is -0.113. The molecule has 1 amide bonds. The standard InChI is InChI=1S/C23H23N3O3S/c1-14-9-10-19(29-14)21-16(13-24)23-26(11-6-12-30-23)15(2)20(21)22(27)25-17-7-4-5-8-18(17)28-3/h4-5,7-10,21H,6,11-12H2,1-3H3,(H,25,27). The van der Waals surface area contributed by atoms with E-state index in [1.807, 2.05) is 38.1 Å². The van der Waals surface area contributed by atoms with Crippen molar-refractivity contribution in [1.29, 1.82) is 5.26 Å². The van der Waals surface area contributed by atoms with Crippen molar-refractivity contribution in [2.45, 2.75) is 26.2 Å². The van der Waals surface area contributed by atoms with Crippen molar-refractivity contribution in [1.82, 2.24) is 4.90 Å². The van der Waals surface area contributed by atoms with Crippen LogP contribution < -0.4 is 10.1 Å². The van der Waals surface area contributed by atoms with E-state index in [2.05, 4.69) is 16.3 Å². The summed E-state index contributed by atoms with van der Waals surface area (Å²) in [4.78, 5) is 15.6. The zero-order valence-corrected chi connectivity index (χ0v) is 18.0. The Bertz CT molecular complexity index is 1090. The highest BCUT2D eigenvalue weighted by Crippen LogP contribution is 2.47. The van der Waals surface area contributed by atoms with Gasteiger partial charge in [-0.25, -0.2) is 0 Å². The van der Waals surface area contributed by atoms with E-state index in [0.29, 0.717) is 28.3 Å². The predicted octanol–water partition coefficient (Wildman–Crippen LogP) is 4.78. The molecule has 30 heavy (non-hydrogen) atoms. The van der Waals surface area contributed by atoms with Gasteiger partial charge in [0.25, 0.3) is 5.91 Å². The lowest BCUT2D eigenvalue weighted by Crippen LogP contribution is -2.36. The van der Waals surface area contributed by atoms with E-state index in [-0.39, 0.29) is 5.91 Å². The highest BCUT2D eigenvalue weighted by atomic mass is 32.2. The maximum absolute atomic E-state index is 13.5. The highest BCUT2D eigenvalue weighted by Gasteiger charge is 2.40. The van der Waals surface area contributed by atoms with Crippen LogP contribution in [0.5, 0.6) is 5.75 Å². The van der Waals surface area contributed by atoms with Gasteiger partial charge in [-0.15, -0.1) is 11.8 Å². The fourth-order valence-corrected chi connectivity index (χ4v) is 5.14. The van der Waals surface area contributed by atoms with Gasteiger partial charge in [-0.3, -0.25) is 4.79 Å². The van der Waals surface area contributed by atoms with Gasteiger partial charge in [-0.1, -0.05) is 12.1 Å². The minimum atomic E-state index is -0.546. The van der Waals surface area contributed by atoms with Crippen molar-refractivity contribution in [3.8, 4) is 11.8 Å². The van der Waals surface area contributed by atoms with Gasteiger partial charge < -0.3 is 19.4 Å². The van der Waals surface area contributed by atoms with Gasteiger partial charge in [-0.2, -0.15) is 5.26 Å². The van der Waals surface area contributed by atoms with Crippen molar-refractivity contribution in [3.05, 3.63) is 69.8 Å². The van der Waals surface area contributed by atoms with Crippen molar-refractivity contribution in [3.63, 3.8) is 0 Å². The van der Waals surface area contributed by atoms with E-state index in [4.69, 9.17) is 9.15 Å². The lowest BCUT2D eigenvalue weighted by atomic mass is 9.84. The molecular formula is C23H23N3O3S. The average molecular weight is 422 g/mol. The minimum Gasteiger partial charge on any atom is -0.495 e. The molecule has 7 heteroatoms. The van der Waals surface area contributed by atoms with Crippen molar-refractivity contribution >= 4 is 23.4 Å². The first-order chi connectivity index (χ1) is 14.5. The monoisotopic (exact) mass is 421 g/mol. The Morgan fingerprint density at radius 1 is 1.30 bits per heavy atom. The van der Waals surface area contributed by atoms with E-state index in [0.717, 1.165) is 35.2 Å². The van der Waals surface area contributed by atoms with Crippen LogP contribution in [0.2, 0.25) is 0 Å². The number of thioether (sulfide) groups is 1. The summed E-state index contributed by atoms with van der Waals surface area (Å²) in [6.45, 7) is 4.59. The third-order valence-corrected chi connectivity index (χ3v) is 6.58. The van der Waals surface area contributed by atoms with Crippen LogP contribution in [0.25, 0.3) is 0 Å². The molecule has 6 nitrogen and oxygen atoms in total. The maximum atomic E-state index is 13.5. The molecule has 2 aliphatic rings. The Morgan fingerprint density at radius 2 is 2.10 bits per heavy atom. The fourth-order valence-electron chi connectivity index (χ4n) is 3.97. The second kappa shape index (κ2) is 8.33. The van der Waals surface area contributed by atoms with E-state index < -0.39 is 5.92 Å². The van der Waals surface area contributed by atoms with Gasteiger partial charge in [0, 0.05) is 18.0 Å². The number of hydrogen-bond acceptors (Lipinski definition) is 6. The first-order valence-electron chi connectivity index (χ1n) is 9.81. The summed E-state index contributed by atoms with van der Waals surface area (Å²) >= 11 is 1.67. The number of furan rings is 1. The number of nitriles is 1. The predicted molar refractivity (Wildman–Crippen MR) is 117 cm³/mol. The maximum Gasteiger partial charge on any atom is 0.254 e. The summed E-state index contributed by atoms with van der Waals surface area (Å²) in [6, 6.07) is 13.4. The number of nitrogens with one attached hydrogen (secondary N) is 1. The smallest absolute Gasteiger partial charge is 0.254 e. The second-order valence-electron chi connectivity index (χ2n) is 7.22. The number of amides is 1. The van der Waals surface area contributed by atoms with Crippen LogP contribution >= 0.6 is 11.8 Å². The van der Waals surface area contributed by atoms with E-state index >= 15 is 0 Å². The zero-order valence-electron chi connectivity index (χ0n) is 17.2. The van der Waals surface area contributed by atoms with Gasteiger partial charge >= 0.3 is 0 Å². The topological polar surface area (TPSA) is 78.5 Å². The number of ether oxygens (including phenoxy) is 1. The van der Waals surface area contributed by atoms with E-state index in [1.165, 1.54) is 0 Å². The normalized spacial score (nSPS) is 18.7. The summed E-state index contributed by atoms with van der Waals surface area (Å²) < 4.78 is 11.3. The summed E-state index contributed by atoms with van der Waals surface area (Å²) in [5.41, 5.74) is 2.52. The molecule has 1 saturated heterocycles. The molecule has 1 unspecified atom stereocenters. The number of hydrogen-bond donors (Lipinski definition) is 1. The second-order valence-corrected chi connectivity index (χ2v) is 8.30. The zero-order chi connectivity index (χ0) is 21.3. The molecule has 1 atom stereocenters. The number of aryl methyl sites for hydroxylation is 1. The van der Waals surface area contributed by atoms with Gasteiger partial charge in [0.1, 0.15) is 17.3 Å². The molecule has 1 fully saturated rings. The SMILES string of the molecule is COc1ccccc1NC(=O)C1=C(C)N2CCCSC2=C(C#N)C1c1ccc(C)o1. The molecule has 1 aromatic carbocycles. The molecule has 0 bridgehead atoms. The molecule has 1 N–H and O–H groups in total. The van der Waals surface area contributed by atoms with Crippen LogP contribution in [0.3, 0.4) is 0 Å². The Morgan fingerprint density at radius 3 is 2.80 bits per heavy atom. The van der Waals surface area contributed by atoms with Crippen LogP contribution in [0, 0.1) is 18.3 Å². The first-order valence-corrected chi connectivity index (χ1v) is 10.8. The number of carbonyl (C=O) groups excluding carboxylic acids is 1. The molecule has 1 aromatic heterocycles. The van der Waals surface area contributed by atoms with E-state index in [9.17, 15) is 10.1 Å². The number of rotatable bonds is 4. The lowest BCUT2D eigenvalue weighted by Gasteiger charge is -2.39. The summed E-state index contributed by atoms with van der Waals surface area (Å²) in [7, 11) is 1.57. The van der Waals surface area contributed by atoms with Gasteiger partial charge in [0.2, 0.25) is 0 Å². The molecular weight excluding hydrogens is 398 g/mol. The number of benzene rings is 1. The molecule has 2 aliphatic heterocycles. The van der Waals surface area contributed by atoms with Crippen LogP contribution in [0.4, 0.5) is 5.69 Å². The average Bonchev–Trinajstić information content (AvgIpc) is 3.19. The Balaban J connectivity index is 1.82. The molecule has 0 aliphatic carbocycles. The van der Waals surface area contributed by atoms with Gasteiger partial charge in [0.15, 0.2) is 0 Å². The molecule has 4 rings (SSSR count). The highest BCUT2D eigenvalue weighted by molar-refractivity contribution is 8.03.